The molecule has 0 saturated carbocycles. The van der Waals surface area contributed by atoms with Gasteiger partial charge in [-0.2, -0.15) is 8.42 Å². The van der Waals surface area contributed by atoms with Crippen LogP contribution in [0.3, 0.4) is 0 Å². The molecule has 0 saturated heterocycles. The van der Waals surface area contributed by atoms with Crippen molar-refractivity contribution in [2.24, 2.45) is 4.40 Å². The van der Waals surface area contributed by atoms with Crippen LogP contribution in [0.2, 0.25) is 0 Å². The summed E-state index contributed by atoms with van der Waals surface area (Å²) >= 11 is 1.40. The lowest BCUT2D eigenvalue weighted by Gasteiger charge is -2.12. The van der Waals surface area contributed by atoms with Gasteiger partial charge in [0.05, 0.1) is 11.5 Å². The van der Waals surface area contributed by atoms with Crippen LogP contribution in [-0.2, 0) is 21.3 Å². The second-order valence-corrected chi connectivity index (χ2v) is 10.1. The van der Waals surface area contributed by atoms with Crippen molar-refractivity contribution in [3.8, 4) is 11.1 Å². The van der Waals surface area contributed by atoms with Crippen LogP contribution in [-0.4, -0.2) is 62.1 Å². The SMILES string of the molecule is CCOC(=O)c1c(SC)nc(C)n1Cc1ccc(-c2ccccc2S(=O)(=O)/N=C/N(C)C)cc1. The molecule has 0 spiro atoms. The largest absolute Gasteiger partial charge is 0.461 e. The van der Waals surface area contributed by atoms with Gasteiger partial charge < -0.3 is 14.2 Å². The highest BCUT2D eigenvalue weighted by Crippen LogP contribution is 2.29. The first-order valence-electron chi connectivity index (χ1n) is 10.6. The number of rotatable bonds is 9. The van der Waals surface area contributed by atoms with Crippen molar-refractivity contribution < 1.29 is 17.9 Å². The maximum atomic E-state index is 12.8. The van der Waals surface area contributed by atoms with Crippen LogP contribution in [0.15, 0.2) is 62.9 Å². The van der Waals surface area contributed by atoms with E-state index in [-0.39, 0.29) is 11.5 Å². The van der Waals surface area contributed by atoms with Crippen molar-refractivity contribution in [1.29, 1.82) is 0 Å². The molecule has 0 atom stereocenters. The Labute approximate surface area is 204 Å². The minimum Gasteiger partial charge on any atom is -0.461 e. The Bertz CT molecular complexity index is 1300. The fourth-order valence-corrected chi connectivity index (χ4v) is 5.14. The molecule has 10 heteroatoms. The molecule has 1 heterocycles. The summed E-state index contributed by atoms with van der Waals surface area (Å²) in [5.74, 6) is 0.313. The number of esters is 1. The number of hydrogen-bond acceptors (Lipinski definition) is 6. The van der Waals surface area contributed by atoms with Crippen molar-refractivity contribution in [1.82, 2.24) is 14.5 Å². The molecule has 3 aromatic rings. The molecule has 3 rings (SSSR count). The van der Waals surface area contributed by atoms with E-state index in [4.69, 9.17) is 4.74 Å². The topological polar surface area (TPSA) is 93.9 Å². The van der Waals surface area contributed by atoms with Gasteiger partial charge in [0, 0.05) is 26.2 Å². The molecule has 0 bridgehead atoms. The predicted octanol–water partition coefficient (Wildman–Crippen LogP) is 4.08. The van der Waals surface area contributed by atoms with Crippen molar-refractivity contribution in [2.45, 2.75) is 30.3 Å². The number of aromatic nitrogens is 2. The fourth-order valence-electron chi connectivity index (χ4n) is 3.39. The van der Waals surface area contributed by atoms with Gasteiger partial charge in [-0.25, -0.2) is 9.78 Å². The van der Waals surface area contributed by atoms with Crippen molar-refractivity contribution in [3.63, 3.8) is 0 Å². The highest BCUT2D eigenvalue weighted by molar-refractivity contribution is 7.98. The third-order valence-electron chi connectivity index (χ3n) is 4.98. The molecule has 8 nitrogen and oxygen atoms in total. The molecule has 0 aliphatic carbocycles. The standard InChI is InChI=1S/C24H28N4O4S2/c1-6-32-24(29)22-23(33-5)26-17(2)28(22)15-18-11-13-19(14-12-18)20-9-7-8-10-21(20)34(30,31)25-16-27(3)4/h7-14,16H,6,15H2,1-5H3/b25-16+. The lowest BCUT2D eigenvalue weighted by Crippen LogP contribution is -2.14. The van der Waals surface area contributed by atoms with Crippen molar-refractivity contribution in [3.05, 3.63) is 65.6 Å². The molecule has 0 fully saturated rings. The van der Waals surface area contributed by atoms with Crippen molar-refractivity contribution in [2.75, 3.05) is 27.0 Å². The molecular weight excluding hydrogens is 472 g/mol. The molecule has 0 N–H and O–H groups in total. The van der Waals surface area contributed by atoms with Crippen LogP contribution in [0.5, 0.6) is 0 Å². The average molecular weight is 501 g/mol. The average Bonchev–Trinajstić information content (AvgIpc) is 3.13. The van der Waals surface area contributed by atoms with Gasteiger partial charge in [-0.05, 0) is 37.3 Å². The van der Waals surface area contributed by atoms with E-state index >= 15 is 0 Å². The minimum absolute atomic E-state index is 0.139. The first-order chi connectivity index (χ1) is 16.2. The summed E-state index contributed by atoms with van der Waals surface area (Å²) in [5, 5.41) is 0.630. The van der Waals surface area contributed by atoms with Gasteiger partial charge in [-0.3, -0.25) is 0 Å². The quantitative estimate of drug-likeness (QED) is 0.189. The third-order valence-corrected chi connectivity index (χ3v) is 6.93. The Morgan fingerprint density at radius 1 is 1.18 bits per heavy atom. The Balaban J connectivity index is 1.94. The Kier molecular flexibility index (Phi) is 8.16. The molecule has 34 heavy (non-hydrogen) atoms. The smallest absolute Gasteiger partial charge is 0.357 e. The van der Waals surface area contributed by atoms with Gasteiger partial charge in [-0.1, -0.05) is 42.5 Å². The molecule has 0 aliphatic rings. The number of sulfonamides is 1. The highest BCUT2D eigenvalue weighted by atomic mass is 32.2. The summed E-state index contributed by atoms with van der Waals surface area (Å²) in [6.45, 7) is 4.34. The number of carbonyl (C=O) groups excluding carboxylic acids is 1. The van der Waals surface area contributed by atoms with E-state index in [0.717, 1.165) is 11.1 Å². The van der Waals surface area contributed by atoms with E-state index in [2.05, 4.69) is 9.38 Å². The highest BCUT2D eigenvalue weighted by Gasteiger charge is 2.22. The monoisotopic (exact) mass is 500 g/mol. The summed E-state index contributed by atoms with van der Waals surface area (Å²) in [6.07, 6.45) is 3.14. The number of nitrogens with zero attached hydrogens (tertiary/aromatic N) is 4. The zero-order valence-electron chi connectivity index (χ0n) is 19.8. The predicted molar refractivity (Wildman–Crippen MR) is 135 cm³/mol. The number of imidazole rings is 1. The van der Waals surface area contributed by atoms with Crippen LogP contribution in [0.25, 0.3) is 11.1 Å². The van der Waals surface area contributed by atoms with Gasteiger partial charge >= 0.3 is 5.97 Å². The lowest BCUT2D eigenvalue weighted by atomic mass is 10.0. The number of ether oxygens (including phenoxy) is 1. The first-order valence-corrected chi connectivity index (χ1v) is 13.3. The number of hydrogen-bond donors (Lipinski definition) is 0. The van der Waals surface area contributed by atoms with Gasteiger partial charge in [0.15, 0.2) is 5.69 Å². The Hall–Kier alpha value is -3.11. The van der Waals surface area contributed by atoms with Crippen LogP contribution < -0.4 is 0 Å². The van der Waals surface area contributed by atoms with Crippen LogP contribution in [0.1, 0.15) is 28.8 Å². The van der Waals surface area contributed by atoms with E-state index in [1.807, 2.05) is 42.0 Å². The zero-order chi connectivity index (χ0) is 24.9. The summed E-state index contributed by atoms with van der Waals surface area (Å²) in [4.78, 5) is 18.8. The van der Waals surface area contributed by atoms with Crippen LogP contribution in [0, 0.1) is 6.92 Å². The summed E-state index contributed by atoms with van der Waals surface area (Å²) in [6, 6.07) is 14.3. The normalized spacial score (nSPS) is 11.7. The number of benzene rings is 2. The lowest BCUT2D eigenvalue weighted by molar-refractivity contribution is 0.0509. The maximum Gasteiger partial charge on any atom is 0.357 e. The first kappa shape index (κ1) is 25.5. The Morgan fingerprint density at radius 3 is 2.47 bits per heavy atom. The number of aryl methyl sites for hydroxylation is 1. The van der Waals surface area contributed by atoms with Gasteiger partial charge in [0.1, 0.15) is 17.2 Å². The van der Waals surface area contributed by atoms with Crippen molar-refractivity contribution >= 4 is 34.1 Å². The van der Waals surface area contributed by atoms with Crippen LogP contribution >= 0.6 is 11.8 Å². The van der Waals surface area contributed by atoms with E-state index in [1.54, 1.807) is 50.2 Å². The molecule has 0 aliphatic heterocycles. The summed E-state index contributed by atoms with van der Waals surface area (Å²) < 4.78 is 36.4. The third kappa shape index (κ3) is 5.68. The maximum absolute atomic E-state index is 12.8. The van der Waals surface area contributed by atoms with Gasteiger partial charge in [-0.15, -0.1) is 16.2 Å². The fraction of sp³-hybridized carbons (Fsp3) is 0.292. The molecule has 180 valence electrons. The molecule has 0 amide bonds. The molecular formula is C24H28N4O4S2. The molecule has 2 aromatic carbocycles. The van der Waals surface area contributed by atoms with E-state index in [1.165, 1.54) is 18.1 Å². The summed E-state index contributed by atoms with van der Waals surface area (Å²) in [7, 11) is -0.439. The van der Waals surface area contributed by atoms with Gasteiger partial charge in [0.25, 0.3) is 10.0 Å². The number of carbonyl (C=O) groups is 1. The number of thioether (sulfide) groups is 1. The molecule has 0 radical (unpaired) electrons. The van der Waals surface area contributed by atoms with E-state index < -0.39 is 16.0 Å². The molecule has 0 unspecified atom stereocenters. The second kappa shape index (κ2) is 10.9. The van der Waals surface area contributed by atoms with Gasteiger partial charge in [0.2, 0.25) is 0 Å². The second-order valence-electron chi connectivity index (χ2n) is 7.68. The van der Waals surface area contributed by atoms with Crippen LogP contribution in [0.4, 0.5) is 0 Å². The Morgan fingerprint density at radius 2 is 1.85 bits per heavy atom. The zero-order valence-corrected chi connectivity index (χ0v) is 21.5. The summed E-state index contributed by atoms with van der Waals surface area (Å²) in [5.41, 5.74) is 2.70. The minimum atomic E-state index is -3.86. The van der Waals surface area contributed by atoms with E-state index in [9.17, 15) is 13.2 Å². The molecule has 1 aromatic heterocycles. The van der Waals surface area contributed by atoms with E-state index in [0.29, 0.717) is 28.7 Å².